The van der Waals surface area contributed by atoms with Crippen LogP contribution in [0.3, 0.4) is 0 Å². The zero-order valence-electron chi connectivity index (χ0n) is 11.0. The van der Waals surface area contributed by atoms with Crippen molar-refractivity contribution in [3.63, 3.8) is 0 Å². The van der Waals surface area contributed by atoms with E-state index in [1.54, 1.807) is 0 Å². The van der Waals surface area contributed by atoms with E-state index < -0.39 is 0 Å². The molecule has 2 unspecified atom stereocenters. The monoisotopic (exact) mass is 211 g/mol. The number of unbranched alkanes of at least 4 members (excludes halogenated alkanes) is 1. The summed E-state index contributed by atoms with van der Waals surface area (Å²) < 4.78 is 0. The molecule has 0 spiro atoms. The Kier molecular flexibility index (Phi) is 6.31. The SMILES string of the molecule is CCCCN(CCC)C1CCCC(C)C1. The standard InChI is InChI=1S/C14H29N/c1-4-6-11-15(10-5-2)14-9-7-8-13(3)12-14/h13-14H,4-12H2,1-3H3. The Balaban J connectivity index is 2.38. The molecular formula is C14H29N. The molecule has 1 aliphatic rings. The predicted molar refractivity (Wildman–Crippen MR) is 68.2 cm³/mol. The lowest BCUT2D eigenvalue weighted by molar-refractivity contribution is 0.132. The lowest BCUT2D eigenvalue weighted by atomic mass is 9.86. The van der Waals surface area contributed by atoms with E-state index in [2.05, 4.69) is 25.7 Å². The van der Waals surface area contributed by atoms with Gasteiger partial charge < -0.3 is 4.90 Å². The van der Waals surface area contributed by atoms with Gasteiger partial charge in [0, 0.05) is 6.04 Å². The molecule has 0 N–H and O–H groups in total. The average molecular weight is 211 g/mol. The second kappa shape index (κ2) is 7.27. The molecule has 1 fully saturated rings. The van der Waals surface area contributed by atoms with Gasteiger partial charge in [0.15, 0.2) is 0 Å². The first kappa shape index (κ1) is 13.0. The van der Waals surface area contributed by atoms with Crippen LogP contribution >= 0.6 is 0 Å². The zero-order chi connectivity index (χ0) is 11.1. The highest BCUT2D eigenvalue weighted by Crippen LogP contribution is 2.27. The minimum absolute atomic E-state index is 0.903. The number of rotatable bonds is 6. The van der Waals surface area contributed by atoms with E-state index in [9.17, 15) is 0 Å². The summed E-state index contributed by atoms with van der Waals surface area (Å²) in [6, 6.07) is 0.903. The van der Waals surface area contributed by atoms with Crippen molar-refractivity contribution < 1.29 is 0 Å². The van der Waals surface area contributed by atoms with Crippen molar-refractivity contribution in [2.75, 3.05) is 13.1 Å². The first-order chi connectivity index (χ1) is 7.27. The number of nitrogens with zero attached hydrogens (tertiary/aromatic N) is 1. The summed E-state index contributed by atoms with van der Waals surface area (Å²) >= 11 is 0. The highest BCUT2D eigenvalue weighted by atomic mass is 15.1. The van der Waals surface area contributed by atoms with Crippen molar-refractivity contribution in [3.05, 3.63) is 0 Å². The molecule has 0 aromatic heterocycles. The van der Waals surface area contributed by atoms with Crippen LogP contribution in [0.15, 0.2) is 0 Å². The lowest BCUT2D eigenvalue weighted by Gasteiger charge is -2.36. The topological polar surface area (TPSA) is 3.24 Å². The number of hydrogen-bond acceptors (Lipinski definition) is 1. The largest absolute Gasteiger partial charge is 0.300 e. The fourth-order valence-corrected chi connectivity index (χ4v) is 2.86. The molecule has 0 heterocycles. The second-order valence-corrected chi connectivity index (χ2v) is 5.32. The molecule has 1 nitrogen and oxygen atoms in total. The molecule has 1 aliphatic carbocycles. The Morgan fingerprint density at radius 2 is 1.87 bits per heavy atom. The minimum Gasteiger partial charge on any atom is -0.300 e. The molecule has 0 radical (unpaired) electrons. The molecule has 0 aromatic carbocycles. The van der Waals surface area contributed by atoms with Crippen LogP contribution in [0.25, 0.3) is 0 Å². The average Bonchev–Trinajstić information content (AvgIpc) is 2.24. The molecule has 2 atom stereocenters. The van der Waals surface area contributed by atoms with E-state index in [4.69, 9.17) is 0 Å². The van der Waals surface area contributed by atoms with Gasteiger partial charge in [-0.25, -0.2) is 0 Å². The number of hydrogen-bond donors (Lipinski definition) is 0. The second-order valence-electron chi connectivity index (χ2n) is 5.32. The van der Waals surface area contributed by atoms with E-state index in [1.807, 2.05) is 0 Å². The van der Waals surface area contributed by atoms with Gasteiger partial charge in [-0.2, -0.15) is 0 Å². The summed E-state index contributed by atoms with van der Waals surface area (Å²) in [4.78, 5) is 2.76. The molecule has 0 amide bonds. The van der Waals surface area contributed by atoms with Gasteiger partial charge in [0.1, 0.15) is 0 Å². The van der Waals surface area contributed by atoms with Gasteiger partial charge in [-0.3, -0.25) is 0 Å². The van der Waals surface area contributed by atoms with Crippen molar-refractivity contribution in [3.8, 4) is 0 Å². The predicted octanol–water partition coefficient (Wildman–Crippen LogP) is 4.08. The Morgan fingerprint density at radius 3 is 2.47 bits per heavy atom. The summed E-state index contributed by atoms with van der Waals surface area (Å²) in [7, 11) is 0. The van der Waals surface area contributed by atoms with Gasteiger partial charge in [-0.1, -0.05) is 40.0 Å². The summed E-state index contributed by atoms with van der Waals surface area (Å²) in [5, 5.41) is 0. The smallest absolute Gasteiger partial charge is 0.00977 e. The van der Waals surface area contributed by atoms with E-state index in [0.29, 0.717) is 0 Å². The quantitative estimate of drug-likeness (QED) is 0.640. The first-order valence-electron chi connectivity index (χ1n) is 7.02. The molecule has 1 saturated carbocycles. The van der Waals surface area contributed by atoms with E-state index in [0.717, 1.165) is 12.0 Å². The van der Waals surface area contributed by atoms with Crippen molar-refractivity contribution in [1.82, 2.24) is 4.90 Å². The Labute approximate surface area is 96.2 Å². The van der Waals surface area contributed by atoms with Crippen LogP contribution in [-0.4, -0.2) is 24.0 Å². The van der Waals surface area contributed by atoms with E-state index in [-0.39, 0.29) is 0 Å². The molecule has 1 heteroatoms. The lowest BCUT2D eigenvalue weighted by Crippen LogP contribution is -2.39. The van der Waals surface area contributed by atoms with Crippen LogP contribution in [0.4, 0.5) is 0 Å². The van der Waals surface area contributed by atoms with Crippen molar-refractivity contribution in [2.45, 2.75) is 71.8 Å². The molecule has 0 saturated heterocycles. The highest BCUT2D eigenvalue weighted by molar-refractivity contribution is 4.78. The maximum absolute atomic E-state index is 2.76. The summed E-state index contributed by atoms with van der Waals surface area (Å²) in [6.07, 6.45) is 9.85. The minimum atomic E-state index is 0.903. The normalized spacial score (nSPS) is 27.2. The van der Waals surface area contributed by atoms with Gasteiger partial charge in [-0.05, 0) is 44.7 Å². The zero-order valence-corrected chi connectivity index (χ0v) is 11.0. The molecule has 90 valence electrons. The van der Waals surface area contributed by atoms with E-state index in [1.165, 1.54) is 58.0 Å². The third kappa shape index (κ3) is 4.55. The molecule has 1 rings (SSSR count). The van der Waals surface area contributed by atoms with E-state index >= 15 is 0 Å². The van der Waals surface area contributed by atoms with Gasteiger partial charge in [0.25, 0.3) is 0 Å². The molecule has 0 bridgehead atoms. The molecule has 0 aromatic rings. The maximum Gasteiger partial charge on any atom is 0.00977 e. The Bertz CT molecular complexity index is 155. The Morgan fingerprint density at radius 1 is 1.07 bits per heavy atom. The van der Waals surface area contributed by atoms with Gasteiger partial charge in [0.2, 0.25) is 0 Å². The first-order valence-corrected chi connectivity index (χ1v) is 7.02. The van der Waals surface area contributed by atoms with Crippen LogP contribution < -0.4 is 0 Å². The van der Waals surface area contributed by atoms with Gasteiger partial charge in [-0.15, -0.1) is 0 Å². The van der Waals surface area contributed by atoms with Crippen molar-refractivity contribution in [1.29, 1.82) is 0 Å². The van der Waals surface area contributed by atoms with Crippen LogP contribution in [0, 0.1) is 5.92 Å². The molecular weight excluding hydrogens is 182 g/mol. The van der Waals surface area contributed by atoms with Crippen molar-refractivity contribution >= 4 is 0 Å². The fourth-order valence-electron chi connectivity index (χ4n) is 2.86. The van der Waals surface area contributed by atoms with Gasteiger partial charge >= 0.3 is 0 Å². The van der Waals surface area contributed by atoms with Crippen molar-refractivity contribution in [2.24, 2.45) is 5.92 Å². The van der Waals surface area contributed by atoms with Gasteiger partial charge in [0.05, 0.1) is 0 Å². The van der Waals surface area contributed by atoms with Crippen LogP contribution in [0.1, 0.15) is 65.7 Å². The fraction of sp³-hybridized carbons (Fsp3) is 1.00. The molecule has 0 aliphatic heterocycles. The summed E-state index contributed by atoms with van der Waals surface area (Å²) in [5.74, 6) is 0.963. The maximum atomic E-state index is 2.76. The molecule has 15 heavy (non-hydrogen) atoms. The highest BCUT2D eigenvalue weighted by Gasteiger charge is 2.23. The third-order valence-electron chi connectivity index (χ3n) is 3.73. The summed E-state index contributed by atoms with van der Waals surface area (Å²) in [6.45, 7) is 9.69. The van der Waals surface area contributed by atoms with Crippen LogP contribution in [0.5, 0.6) is 0 Å². The third-order valence-corrected chi connectivity index (χ3v) is 3.73. The Hall–Kier alpha value is -0.0400. The van der Waals surface area contributed by atoms with Crippen LogP contribution in [0.2, 0.25) is 0 Å². The van der Waals surface area contributed by atoms with Crippen LogP contribution in [-0.2, 0) is 0 Å². The summed E-state index contributed by atoms with van der Waals surface area (Å²) in [5.41, 5.74) is 0.